The molecule has 35 heavy (non-hydrogen) atoms. The first-order chi connectivity index (χ1) is 16.9. The zero-order valence-corrected chi connectivity index (χ0v) is 21.4. The van der Waals surface area contributed by atoms with Crippen molar-refractivity contribution in [1.82, 2.24) is 9.88 Å². The first-order valence-corrected chi connectivity index (χ1v) is 12.3. The summed E-state index contributed by atoms with van der Waals surface area (Å²) in [6.45, 7) is 1.80. The summed E-state index contributed by atoms with van der Waals surface area (Å²) in [5, 5.41) is 2.87. The van der Waals surface area contributed by atoms with E-state index in [4.69, 9.17) is 32.7 Å². The van der Waals surface area contributed by atoms with Crippen molar-refractivity contribution in [1.29, 1.82) is 0 Å². The molecule has 1 N–H and O–H groups in total. The number of amides is 1. The smallest absolute Gasteiger partial charge is 0.274 e. The lowest BCUT2D eigenvalue weighted by Crippen LogP contribution is -2.31. The van der Waals surface area contributed by atoms with Crippen LogP contribution in [-0.2, 0) is 0 Å². The van der Waals surface area contributed by atoms with E-state index in [2.05, 4.69) is 9.88 Å². The van der Waals surface area contributed by atoms with Crippen LogP contribution in [0.1, 0.15) is 22.0 Å². The van der Waals surface area contributed by atoms with E-state index in [1.54, 1.807) is 12.0 Å². The van der Waals surface area contributed by atoms with E-state index >= 15 is 0 Å². The number of nitrogens with zero attached hydrogens (tertiary/aromatic N) is 2. The minimum absolute atomic E-state index is 0.147. The summed E-state index contributed by atoms with van der Waals surface area (Å²) in [4.78, 5) is 20.2. The summed E-state index contributed by atoms with van der Waals surface area (Å²) < 4.78 is 11.5. The second-order valence-corrected chi connectivity index (χ2v) is 10.2. The largest absolute Gasteiger partial charge is 0.496 e. The number of H-pyrrole nitrogens is 1. The number of fused-ring (bicyclic) bond motifs is 4. The molecule has 0 unspecified atom stereocenters. The van der Waals surface area contributed by atoms with Crippen LogP contribution in [0.5, 0.6) is 11.5 Å². The van der Waals surface area contributed by atoms with Crippen LogP contribution < -0.4 is 14.4 Å². The molecule has 2 heterocycles. The Balaban J connectivity index is 1.51. The Morgan fingerprint density at radius 1 is 1.14 bits per heavy atom. The van der Waals surface area contributed by atoms with Crippen LogP contribution in [0.15, 0.2) is 54.6 Å². The number of benzene rings is 3. The average Bonchev–Trinajstić information content (AvgIpc) is 3.44. The molecule has 1 amide bonds. The normalized spacial score (nSPS) is 15.4. The van der Waals surface area contributed by atoms with E-state index in [-0.39, 0.29) is 11.8 Å². The predicted octanol–water partition coefficient (Wildman–Crippen LogP) is 5.82. The molecule has 3 aromatic carbocycles. The second-order valence-electron chi connectivity index (χ2n) is 9.00. The summed E-state index contributed by atoms with van der Waals surface area (Å²) in [6, 6.07) is 17.5. The highest BCUT2D eigenvalue weighted by Crippen LogP contribution is 2.48. The summed E-state index contributed by atoms with van der Waals surface area (Å²) in [6.07, 6.45) is 0. The monoisotopic (exact) mass is 511 g/mol. The van der Waals surface area contributed by atoms with Gasteiger partial charge in [-0.25, -0.2) is 0 Å². The topological polar surface area (TPSA) is 57.8 Å². The molecule has 0 saturated carbocycles. The van der Waals surface area contributed by atoms with Gasteiger partial charge in [-0.15, -0.1) is 23.2 Å². The number of alkyl halides is 2. The van der Waals surface area contributed by atoms with E-state index in [9.17, 15) is 4.79 Å². The second kappa shape index (κ2) is 9.61. The Morgan fingerprint density at radius 2 is 1.91 bits per heavy atom. The zero-order valence-electron chi connectivity index (χ0n) is 19.8. The van der Waals surface area contributed by atoms with Gasteiger partial charge >= 0.3 is 0 Å². The Bertz CT molecular complexity index is 1400. The Hall–Kier alpha value is -2.93. The van der Waals surface area contributed by atoms with Gasteiger partial charge in [-0.1, -0.05) is 24.3 Å². The van der Waals surface area contributed by atoms with Crippen LogP contribution in [0.25, 0.3) is 21.7 Å². The molecule has 182 valence electrons. The summed E-state index contributed by atoms with van der Waals surface area (Å²) in [7, 11) is 5.65. The molecule has 0 spiro atoms. The summed E-state index contributed by atoms with van der Waals surface area (Å²) in [5.74, 6) is 1.11. The van der Waals surface area contributed by atoms with Gasteiger partial charge in [-0.2, -0.15) is 0 Å². The van der Waals surface area contributed by atoms with Crippen molar-refractivity contribution in [3.05, 3.63) is 65.9 Å². The number of carbonyl (C=O) groups excluding carboxylic acids is 1. The fourth-order valence-corrected chi connectivity index (χ4v) is 5.14. The van der Waals surface area contributed by atoms with E-state index in [1.807, 2.05) is 68.7 Å². The molecule has 1 aromatic heterocycles. The minimum atomic E-state index is -0.659. The molecule has 8 heteroatoms. The number of likely N-dealkylation sites (N-methyl/N-ethyl adjacent to an activating group) is 1. The Morgan fingerprint density at radius 3 is 2.63 bits per heavy atom. The molecule has 6 nitrogen and oxygen atoms in total. The van der Waals surface area contributed by atoms with E-state index < -0.39 is 4.84 Å². The SMILES string of the molecule is COc1cc2c(c3ccccc13)[C@H](C(Cl)Cl)CN2C(=O)c1cc2cc(OCCN(C)C)ccc2[nH]1. The van der Waals surface area contributed by atoms with Gasteiger partial charge in [-0.05, 0) is 49.3 Å². The molecule has 1 aliphatic heterocycles. The van der Waals surface area contributed by atoms with E-state index in [1.165, 1.54) is 0 Å². The molecule has 0 bridgehead atoms. The lowest BCUT2D eigenvalue weighted by Gasteiger charge is -2.18. The highest BCUT2D eigenvalue weighted by molar-refractivity contribution is 6.45. The van der Waals surface area contributed by atoms with Crippen molar-refractivity contribution in [3.63, 3.8) is 0 Å². The number of nitrogens with one attached hydrogen (secondary N) is 1. The van der Waals surface area contributed by atoms with Crippen molar-refractivity contribution in [2.75, 3.05) is 45.8 Å². The van der Waals surface area contributed by atoms with Crippen molar-refractivity contribution in [3.8, 4) is 11.5 Å². The van der Waals surface area contributed by atoms with Crippen LogP contribution >= 0.6 is 23.2 Å². The van der Waals surface area contributed by atoms with Crippen LogP contribution in [0, 0.1) is 0 Å². The number of halogens is 2. The van der Waals surface area contributed by atoms with Crippen molar-refractivity contribution >= 4 is 56.5 Å². The molecule has 0 fully saturated rings. The van der Waals surface area contributed by atoms with Gasteiger partial charge < -0.3 is 24.3 Å². The lowest BCUT2D eigenvalue weighted by molar-refractivity contribution is 0.0984. The van der Waals surface area contributed by atoms with Crippen LogP contribution in [0.4, 0.5) is 5.69 Å². The zero-order chi connectivity index (χ0) is 24.7. The third-order valence-electron chi connectivity index (χ3n) is 6.47. The molecule has 4 aromatic rings. The van der Waals surface area contributed by atoms with Crippen molar-refractivity contribution in [2.24, 2.45) is 0 Å². The molecular weight excluding hydrogens is 485 g/mol. The van der Waals surface area contributed by atoms with Gasteiger partial charge in [0, 0.05) is 41.4 Å². The van der Waals surface area contributed by atoms with Gasteiger partial charge in [0.2, 0.25) is 0 Å². The van der Waals surface area contributed by atoms with Gasteiger partial charge in [0.15, 0.2) is 0 Å². The number of aromatic nitrogens is 1. The van der Waals surface area contributed by atoms with Crippen molar-refractivity contribution in [2.45, 2.75) is 10.8 Å². The number of anilines is 1. The summed E-state index contributed by atoms with van der Waals surface area (Å²) >= 11 is 12.8. The number of aromatic amines is 1. The quantitative estimate of drug-likeness (QED) is 0.317. The predicted molar refractivity (Wildman–Crippen MR) is 143 cm³/mol. The summed E-state index contributed by atoms with van der Waals surface area (Å²) in [5.41, 5.74) is 3.10. The fourth-order valence-electron chi connectivity index (χ4n) is 4.72. The molecule has 5 rings (SSSR count). The Labute approximate surface area is 214 Å². The number of ether oxygens (including phenoxy) is 2. The van der Waals surface area contributed by atoms with Crippen LogP contribution in [-0.4, -0.2) is 61.5 Å². The van der Waals surface area contributed by atoms with E-state index in [0.29, 0.717) is 24.6 Å². The van der Waals surface area contributed by atoms with Crippen LogP contribution in [0.3, 0.4) is 0 Å². The number of methoxy groups -OCH3 is 1. The van der Waals surface area contributed by atoms with Gasteiger partial charge in [0.05, 0.1) is 12.8 Å². The van der Waals surface area contributed by atoms with Crippen LogP contribution in [0.2, 0.25) is 0 Å². The number of hydrogen-bond acceptors (Lipinski definition) is 4. The van der Waals surface area contributed by atoms with Gasteiger partial charge in [0.25, 0.3) is 5.91 Å². The molecule has 0 saturated heterocycles. The van der Waals surface area contributed by atoms with Gasteiger partial charge in [-0.3, -0.25) is 4.79 Å². The Kier molecular flexibility index (Phi) is 6.53. The maximum Gasteiger partial charge on any atom is 0.274 e. The molecule has 1 aliphatic rings. The van der Waals surface area contributed by atoms with E-state index in [0.717, 1.165) is 45.2 Å². The fraction of sp³-hybridized carbons (Fsp3) is 0.296. The molecule has 1 atom stereocenters. The highest BCUT2D eigenvalue weighted by atomic mass is 35.5. The highest BCUT2D eigenvalue weighted by Gasteiger charge is 2.38. The number of rotatable bonds is 7. The number of hydrogen-bond donors (Lipinski definition) is 1. The average molecular weight is 512 g/mol. The first-order valence-electron chi connectivity index (χ1n) is 11.5. The standard InChI is InChI=1S/C27H27Cl2N3O3/c1-31(2)10-11-35-17-8-9-21-16(12-17)13-22(30-21)27(33)32-15-20(26(28)29)25-19-7-5-4-6-18(19)24(34-3)14-23(25)32/h4-9,12-14,20,26,30H,10-11,15H2,1-3H3/t20-/m1/s1. The maximum atomic E-state index is 13.7. The lowest BCUT2D eigenvalue weighted by atomic mass is 9.95. The maximum absolute atomic E-state index is 13.7. The molecular formula is C27H27Cl2N3O3. The number of carbonyl (C=O) groups is 1. The first kappa shape index (κ1) is 23.8. The minimum Gasteiger partial charge on any atom is -0.496 e. The third kappa shape index (κ3) is 4.42. The molecule has 0 aliphatic carbocycles. The van der Waals surface area contributed by atoms with Crippen molar-refractivity contribution < 1.29 is 14.3 Å². The molecule has 0 radical (unpaired) electrons. The van der Waals surface area contributed by atoms with Gasteiger partial charge in [0.1, 0.15) is 28.6 Å². The third-order valence-corrected chi connectivity index (χ3v) is 7.07.